The second-order valence-corrected chi connectivity index (χ2v) is 9.03. The highest BCUT2D eigenvalue weighted by molar-refractivity contribution is 7.92. The lowest BCUT2D eigenvalue weighted by atomic mass is 10.2. The average Bonchev–Trinajstić information content (AvgIpc) is 3.09. The van der Waals surface area contributed by atoms with Crippen LogP contribution in [0.4, 0.5) is 11.4 Å². The van der Waals surface area contributed by atoms with Gasteiger partial charge in [-0.2, -0.15) is 0 Å². The summed E-state index contributed by atoms with van der Waals surface area (Å²) in [5.74, 6) is -0.0680. The average molecular weight is 387 g/mol. The van der Waals surface area contributed by atoms with Crippen LogP contribution in [-0.2, 0) is 10.0 Å². The van der Waals surface area contributed by atoms with Gasteiger partial charge in [0, 0.05) is 17.8 Å². The molecule has 1 amide bonds. The van der Waals surface area contributed by atoms with Crippen molar-refractivity contribution in [1.29, 1.82) is 0 Å². The summed E-state index contributed by atoms with van der Waals surface area (Å²) in [7, 11) is -3.25. The number of amides is 1. The van der Waals surface area contributed by atoms with Crippen molar-refractivity contribution >= 4 is 48.9 Å². The largest absolute Gasteiger partial charge is 0.322 e. The molecule has 0 atom stereocenters. The fourth-order valence-electron chi connectivity index (χ4n) is 3.00. The van der Waals surface area contributed by atoms with E-state index in [9.17, 15) is 13.2 Å². The minimum atomic E-state index is -3.25. The first-order chi connectivity index (χ1) is 12.5. The number of rotatable bonds is 3. The van der Waals surface area contributed by atoms with E-state index < -0.39 is 10.0 Å². The molecule has 0 aliphatic carbocycles. The molecule has 0 bridgehead atoms. The number of anilines is 2. The Hall–Kier alpha value is -2.45. The number of thiazole rings is 1. The lowest BCUT2D eigenvalue weighted by Gasteiger charge is -2.28. The van der Waals surface area contributed by atoms with Gasteiger partial charge in [-0.25, -0.2) is 13.4 Å². The zero-order chi connectivity index (χ0) is 18.1. The Kier molecular flexibility index (Phi) is 4.37. The molecule has 1 aliphatic heterocycles. The molecule has 4 rings (SSSR count). The first-order valence-corrected chi connectivity index (χ1v) is 10.8. The molecule has 3 aromatic rings. The molecule has 0 radical (unpaired) electrons. The SMILES string of the molecule is O=C(Nc1ccc2scnc2c1)c1ccc(N2CCCCS2(=O)=O)cc1. The summed E-state index contributed by atoms with van der Waals surface area (Å²) in [4.78, 5) is 16.7. The van der Waals surface area contributed by atoms with Crippen molar-refractivity contribution in [3.05, 3.63) is 53.5 Å². The maximum atomic E-state index is 12.4. The van der Waals surface area contributed by atoms with E-state index in [-0.39, 0.29) is 11.7 Å². The van der Waals surface area contributed by atoms with Gasteiger partial charge >= 0.3 is 0 Å². The summed E-state index contributed by atoms with van der Waals surface area (Å²) >= 11 is 1.55. The fourth-order valence-corrected chi connectivity index (χ4v) is 5.30. The number of hydrogen-bond acceptors (Lipinski definition) is 5. The van der Waals surface area contributed by atoms with Gasteiger partial charge in [0.25, 0.3) is 5.91 Å². The molecular formula is C18H17N3O3S2. The van der Waals surface area contributed by atoms with Crippen LogP contribution >= 0.6 is 11.3 Å². The summed E-state index contributed by atoms with van der Waals surface area (Å²) < 4.78 is 26.8. The molecule has 1 aliphatic rings. The van der Waals surface area contributed by atoms with E-state index in [0.717, 1.165) is 16.6 Å². The molecule has 2 heterocycles. The molecule has 0 spiro atoms. The van der Waals surface area contributed by atoms with Crippen LogP contribution in [0.25, 0.3) is 10.2 Å². The Labute approximate surface area is 155 Å². The van der Waals surface area contributed by atoms with Crippen LogP contribution in [0.1, 0.15) is 23.2 Å². The predicted octanol–water partition coefficient (Wildman–Crippen LogP) is 3.48. The molecular weight excluding hydrogens is 370 g/mol. The molecule has 134 valence electrons. The topological polar surface area (TPSA) is 79.4 Å². The zero-order valence-corrected chi connectivity index (χ0v) is 15.5. The number of nitrogens with zero attached hydrogens (tertiary/aromatic N) is 2. The minimum absolute atomic E-state index is 0.175. The maximum Gasteiger partial charge on any atom is 0.255 e. The lowest BCUT2D eigenvalue weighted by Crippen LogP contribution is -2.37. The fraction of sp³-hybridized carbons (Fsp3) is 0.222. The van der Waals surface area contributed by atoms with Crippen molar-refractivity contribution in [2.45, 2.75) is 12.8 Å². The van der Waals surface area contributed by atoms with Gasteiger partial charge in [0.2, 0.25) is 10.0 Å². The molecule has 1 fully saturated rings. The third kappa shape index (κ3) is 3.30. The van der Waals surface area contributed by atoms with Crippen molar-refractivity contribution in [2.75, 3.05) is 21.9 Å². The zero-order valence-electron chi connectivity index (χ0n) is 13.9. The van der Waals surface area contributed by atoms with Crippen molar-refractivity contribution in [3.63, 3.8) is 0 Å². The maximum absolute atomic E-state index is 12.4. The summed E-state index contributed by atoms with van der Waals surface area (Å²) in [5, 5.41) is 2.85. The first kappa shape index (κ1) is 17.0. The molecule has 2 aromatic carbocycles. The highest BCUT2D eigenvalue weighted by Gasteiger charge is 2.26. The highest BCUT2D eigenvalue weighted by atomic mass is 32.2. The van der Waals surface area contributed by atoms with Crippen molar-refractivity contribution in [1.82, 2.24) is 4.98 Å². The normalized spacial score (nSPS) is 16.5. The number of aromatic nitrogens is 1. The number of hydrogen-bond donors (Lipinski definition) is 1. The summed E-state index contributed by atoms with van der Waals surface area (Å²) in [6.45, 7) is 0.488. The van der Waals surface area contributed by atoms with Gasteiger partial charge < -0.3 is 5.32 Å². The van der Waals surface area contributed by atoms with E-state index in [1.807, 2.05) is 18.2 Å². The predicted molar refractivity (Wildman–Crippen MR) is 104 cm³/mol. The smallest absolute Gasteiger partial charge is 0.255 e. The number of fused-ring (bicyclic) bond motifs is 1. The van der Waals surface area contributed by atoms with Crippen LogP contribution in [0.2, 0.25) is 0 Å². The van der Waals surface area contributed by atoms with Crippen molar-refractivity contribution in [3.8, 4) is 0 Å². The van der Waals surface area contributed by atoms with Gasteiger partial charge in [0.05, 0.1) is 27.2 Å². The summed E-state index contributed by atoms with van der Waals surface area (Å²) in [6, 6.07) is 12.3. The second kappa shape index (κ2) is 6.69. The number of carbonyl (C=O) groups is 1. The monoisotopic (exact) mass is 387 g/mol. The van der Waals surface area contributed by atoms with Gasteiger partial charge in [0.1, 0.15) is 0 Å². The van der Waals surface area contributed by atoms with Crippen molar-refractivity contribution in [2.24, 2.45) is 0 Å². The Bertz CT molecular complexity index is 1060. The Balaban J connectivity index is 1.51. The first-order valence-electron chi connectivity index (χ1n) is 8.28. The van der Waals surface area contributed by atoms with E-state index in [4.69, 9.17) is 0 Å². The Morgan fingerprint density at radius 3 is 2.69 bits per heavy atom. The van der Waals surface area contributed by atoms with Crippen LogP contribution in [-0.4, -0.2) is 31.6 Å². The second-order valence-electron chi connectivity index (χ2n) is 6.13. The van der Waals surface area contributed by atoms with Gasteiger partial charge in [-0.1, -0.05) is 0 Å². The summed E-state index contributed by atoms with van der Waals surface area (Å²) in [6.07, 6.45) is 1.54. The standard InChI is InChI=1S/C18H17N3O3S2/c22-18(20-14-5-8-17-16(11-14)19-12-25-17)13-3-6-15(7-4-13)21-9-1-2-10-26(21,23)24/h3-8,11-12H,1-2,9-10H2,(H,20,22). The van der Waals surface area contributed by atoms with Crippen LogP contribution < -0.4 is 9.62 Å². The Morgan fingerprint density at radius 1 is 1.12 bits per heavy atom. The quantitative estimate of drug-likeness (QED) is 0.746. The van der Waals surface area contributed by atoms with Gasteiger partial charge in [-0.15, -0.1) is 11.3 Å². The molecule has 1 aromatic heterocycles. The third-order valence-corrected chi connectivity index (χ3v) is 7.03. The molecule has 0 saturated carbocycles. The van der Waals surface area contributed by atoms with E-state index in [2.05, 4.69) is 10.3 Å². The molecule has 8 heteroatoms. The molecule has 6 nitrogen and oxygen atoms in total. The van der Waals surface area contributed by atoms with Crippen LogP contribution in [0.3, 0.4) is 0 Å². The van der Waals surface area contributed by atoms with E-state index in [0.29, 0.717) is 29.9 Å². The van der Waals surface area contributed by atoms with Gasteiger partial charge in [-0.05, 0) is 55.3 Å². The number of nitrogens with one attached hydrogen (secondary N) is 1. The lowest BCUT2D eigenvalue weighted by molar-refractivity contribution is 0.102. The summed E-state index contributed by atoms with van der Waals surface area (Å²) in [5.41, 5.74) is 4.37. The number of carbonyl (C=O) groups excluding carboxylic acids is 1. The molecule has 0 unspecified atom stereocenters. The molecule has 1 saturated heterocycles. The van der Waals surface area contributed by atoms with Gasteiger partial charge in [0.15, 0.2) is 0 Å². The highest BCUT2D eigenvalue weighted by Crippen LogP contribution is 2.25. The van der Waals surface area contributed by atoms with E-state index in [1.165, 1.54) is 4.31 Å². The van der Waals surface area contributed by atoms with Crippen LogP contribution in [0, 0.1) is 0 Å². The van der Waals surface area contributed by atoms with Crippen LogP contribution in [0.5, 0.6) is 0 Å². The number of benzene rings is 2. The van der Waals surface area contributed by atoms with Crippen molar-refractivity contribution < 1.29 is 13.2 Å². The van der Waals surface area contributed by atoms with E-state index >= 15 is 0 Å². The number of sulfonamides is 1. The molecule has 1 N–H and O–H groups in total. The minimum Gasteiger partial charge on any atom is -0.322 e. The Morgan fingerprint density at radius 2 is 1.92 bits per heavy atom. The molecule has 26 heavy (non-hydrogen) atoms. The van der Waals surface area contributed by atoms with Gasteiger partial charge in [-0.3, -0.25) is 9.10 Å². The third-order valence-electron chi connectivity index (χ3n) is 4.36. The van der Waals surface area contributed by atoms with E-state index in [1.54, 1.807) is 41.1 Å². The van der Waals surface area contributed by atoms with Crippen LogP contribution in [0.15, 0.2) is 48.0 Å².